The average Bonchev–Trinajstić information content (AvgIpc) is 3.76. The van der Waals surface area contributed by atoms with Crippen molar-refractivity contribution in [2.24, 2.45) is 0 Å². The van der Waals surface area contributed by atoms with Crippen molar-refractivity contribution in [3.05, 3.63) is 205 Å². The highest BCUT2D eigenvalue weighted by molar-refractivity contribution is 6.06. The summed E-state index contributed by atoms with van der Waals surface area (Å²) >= 11 is 0. The van der Waals surface area contributed by atoms with Crippen molar-refractivity contribution >= 4 is 32.7 Å². The quantitative estimate of drug-likeness (QED) is 0.179. The molecule has 0 fully saturated rings. The predicted octanol–water partition coefficient (Wildman–Crippen LogP) is 13.5. The third kappa shape index (κ3) is 4.97. The van der Waals surface area contributed by atoms with Gasteiger partial charge >= 0.3 is 0 Å². The SMILES string of the molecule is CC1(c2ccccc2)c2ccccc2-c2c(-c3cc(-c4ccc(-c5ccc6oc7ccccc7c6c5)cc4)nc(-c4ccc5ccccc5c4)n3)cccc21. The molecule has 8 aromatic carbocycles. The Morgan fingerprint density at radius 1 is 0.418 bits per heavy atom. The fourth-order valence-electron chi connectivity index (χ4n) is 8.77. The second-order valence-corrected chi connectivity index (χ2v) is 14.7. The summed E-state index contributed by atoms with van der Waals surface area (Å²) in [4.78, 5) is 10.6. The third-order valence-electron chi connectivity index (χ3n) is 11.6. The number of furan rings is 1. The topological polar surface area (TPSA) is 38.9 Å². The van der Waals surface area contributed by atoms with Crippen LogP contribution in [0.15, 0.2) is 192 Å². The summed E-state index contributed by atoms with van der Waals surface area (Å²) in [5, 5.41) is 4.61. The van der Waals surface area contributed by atoms with E-state index < -0.39 is 0 Å². The molecule has 11 rings (SSSR count). The van der Waals surface area contributed by atoms with Crippen molar-refractivity contribution < 1.29 is 4.42 Å². The molecule has 0 N–H and O–H groups in total. The van der Waals surface area contributed by atoms with Gasteiger partial charge in [0, 0.05) is 32.9 Å². The molecule has 0 bridgehead atoms. The number of hydrogen-bond acceptors (Lipinski definition) is 3. The zero-order valence-electron chi connectivity index (χ0n) is 30.2. The van der Waals surface area contributed by atoms with Crippen molar-refractivity contribution in [3.63, 3.8) is 0 Å². The summed E-state index contributed by atoms with van der Waals surface area (Å²) in [5.41, 5.74) is 15.0. The van der Waals surface area contributed by atoms with Gasteiger partial charge in [-0.1, -0.05) is 158 Å². The molecule has 0 spiro atoms. The number of rotatable bonds is 5. The van der Waals surface area contributed by atoms with E-state index in [2.05, 4.69) is 183 Å². The number of para-hydroxylation sites is 1. The van der Waals surface area contributed by atoms with Gasteiger partial charge in [0.05, 0.1) is 11.4 Å². The minimum atomic E-state index is -0.304. The molecule has 55 heavy (non-hydrogen) atoms. The molecular weight excluding hydrogens is 669 g/mol. The Kier molecular flexibility index (Phi) is 6.99. The average molecular weight is 703 g/mol. The van der Waals surface area contributed by atoms with E-state index >= 15 is 0 Å². The Morgan fingerprint density at radius 3 is 1.96 bits per heavy atom. The molecule has 2 heterocycles. The van der Waals surface area contributed by atoms with Gasteiger partial charge in [-0.05, 0) is 87.0 Å². The molecule has 1 aliphatic carbocycles. The van der Waals surface area contributed by atoms with Crippen LogP contribution in [-0.4, -0.2) is 9.97 Å². The van der Waals surface area contributed by atoms with Crippen molar-refractivity contribution in [2.75, 3.05) is 0 Å². The third-order valence-corrected chi connectivity index (χ3v) is 11.6. The molecule has 1 unspecified atom stereocenters. The maximum atomic E-state index is 6.11. The first-order valence-corrected chi connectivity index (χ1v) is 18.8. The van der Waals surface area contributed by atoms with Crippen LogP contribution in [0.3, 0.4) is 0 Å². The summed E-state index contributed by atoms with van der Waals surface area (Å²) in [6.45, 7) is 2.36. The first kappa shape index (κ1) is 31.4. The van der Waals surface area contributed by atoms with Crippen LogP contribution in [0.25, 0.3) is 88.9 Å². The van der Waals surface area contributed by atoms with Gasteiger partial charge in [-0.25, -0.2) is 9.97 Å². The first-order chi connectivity index (χ1) is 27.1. The Morgan fingerprint density at radius 2 is 1.07 bits per heavy atom. The van der Waals surface area contributed by atoms with E-state index in [0.717, 1.165) is 66.5 Å². The molecule has 10 aromatic rings. The highest BCUT2D eigenvalue weighted by Gasteiger charge is 2.41. The molecule has 1 aliphatic rings. The van der Waals surface area contributed by atoms with E-state index in [-0.39, 0.29) is 5.41 Å². The Bertz CT molecular complexity index is 3110. The van der Waals surface area contributed by atoms with Gasteiger partial charge in [0.25, 0.3) is 0 Å². The molecule has 0 amide bonds. The fraction of sp³-hybridized carbons (Fsp3) is 0.0385. The second-order valence-electron chi connectivity index (χ2n) is 14.7. The van der Waals surface area contributed by atoms with Gasteiger partial charge in [0.15, 0.2) is 5.82 Å². The molecule has 0 aliphatic heterocycles. The van der Waals surface area contributed by atoms with Crippen LogP contribution in [0, 0.1) is 0 Å². The smallest absolute Gasteiger partial charge is 0.160 e. The molecule has 258 valence electrons. The number of fused-ring (bicyclic) bond motifs is 7. The Labute approximate surface area is 319 Å². The van der Waals surface area contributed by atoms with Crippen LogP contribution in [0.4, 0.5) is 0 Å². The normalized spacial score (nSPS) is 14.7. The van der Waals surface area contributed by atoms with Crippen molar-refractivity contribution in [1.82, 2.24) is 9.97 Å². The van der Waals surface area contributed by atoms with Crippen LogP contribution < -0.4 is 0 Å². The fourth-order valence-corrected chi connectivity index (χ4v) is 8.77. The van der Waals surface area contributed by atoms with Gasteiger partial charge in [-0.15, -0.1) is 0 Å². The lowest BCUT2D eigenvalue weighted by Crippen LogP contribution is -2.22. The molecule has 2 aromatic heterocycles. The number of hydrogen-bond donors (Lipinski definition) is 0. The maximum absolute atomic E-state index is 6.11. The second kappa shape index (κ2) is 12.2. The molecule has 0 saturated carbocycles. The maximum Gasteiger partial charge on any atom is 0.160 e. The minimum Gasteiger partial charge on any atom is -0.456 e. The summed E-state index contributed by atoms with van der Waals surface area (Å²) in [7, 11) is 0. The molecule has 0 saturated heterocycles. The lowest BCUT2D eigenvalue weighted by Gasteiger charge is -2.28. The van der Waals surface area contributed by atoms with Gasteiger partial charge in [-0.2, -0.15) is 0 Å². The molecule has 3 nitrogen and oxygen atoms in total. The lowest BCUT2D eigenvalue weighted by atomic mass is 9.74. The zero-order chi connectivity index (χ0) is 36.5. The lowest BCUT2D eigenvalue weighted by molar-refractivity contribution is 0.669. The summed E-state index contributed by atoms with van der Waals surface area (Å²) in [6.07, 6.45) is 0. The highest BCUT2D eigenvalue weighted by atomic mass is 16.3. The van der Waals surface area contributed by atoms with Crippen molar-refractivity contribution in [3.8, 4) is 56.2 Å². The van der Waals surface area contributed by atoms with E-state index in [4.69, 9.17) is 14.4 Å². The Hall–Kier alpha value is -7.10. The number of aromatic nitrogens is 2. The van der Waals surface area contributed by atoms with E-state index in [9.17, 15) is 0 Å². The van der Waals surface area contributed by atoms with Gasteiger partial charge < -0.3 is 4.42 Å². The highest BCUT2D eigenvalue weighted by Crippen LogP contribution is 2.55. The predicted molar refractivity (Wildman–Crippen MR) is 226 cm³/mol. The summed E-state index contributed by atoms with van der Waals surface area (Å²) < 4.78 is 6.11. The monoisotopic (exact) mass is 702 g/mol. The number of nitrogens with zero attached hydrogens (tertiary/aromatic N) is 2. The van der Waals surface area contributed by atoms with Gasteiger partial charge in [0.2, 0.25) is 0 Å². The molecule has 3 heteroatoms. The van der Waals surface area contributed by atoms with Gasteiger partial charge in [-0.3, -0.25) is 0 Å². The summed E-state index contributed by atoms with van der Waals surface area (Å²) in [5.74, 6) is 0.703. The van der Waals surface area contributed by atoms with Crippen LogP contribution >= 0.6 is 0 Å². The van der Waals surface area contributed by atoms with Crippen molar-refractivity contribution in [2.45, 2.75) is 12.3 Å². The molecule has 1 atom stereocenters. The van der Waals surface area contributed by atoms with Crippen molar-refractivity contribution in [1.29, 1.82) is 0 Å². The first-order valence-electron chi connectivity index (χ1n) is 18.8. The van der Waals surface area contributed by atoms with E-state index in [1.54, 1.807) is 0 Å². The Balaban J connectivity index is 1.08. The van der Waals surface area contributed by atoms with E-state index in [1.807, 2.05) is 12.1 Å². The molecule has 0 radical (unpaired) electrons. The molecular formula is C52H34N2O. The van der Waals surface area contributed by atoms with Crippen LogP contribution in [0.5, 0.6) is 0 Å². The largest absolute Gasteiger partial charge is 0.456 e. The zero-order valence-corrected chi connectivity index (χ0v) is 30.2. The van der Waals surface area contributed by atoms with E-state index in [0.29, 0.717) is 5.82 Å². The standard InChI is InChI=1S/C52H34N2O/c1-52(39-14-3-2-4-15-39)44-19-9-7-17-41(44)50-42(18-11-20-45(50)52)47-32-46(53-51(54-47)38-27-24-33-12-5-6-13-36(33)30-38)35-25-22-34(23-26-35)37-28-29-49-43(31-37)40-16-8-10-21-48(40)55-49/h2-32H,1H3. The van der Waals surface area contributed by atoms with E-state index in [1.165, 1.54) is 33.2 Å². The minimum absolute atomic E-state index is 0.304. The summed E-state index contributed by atoms with van der Waals surface area (Å²) in [6, 6.07) is 67.0. The van der Waals surface area contributed by atoms with Crippen LogP contribution in [0.1, 0.15) is 23.6 Å². The van der Waals surface area contributed by atoms with Crippen LogP contribution in [-0.2, 0) is 5.41 Å². The van der Waals surface area contributed by atoms with Crippen LogP contribution in [0.2, 0.25) is 0 Å². The number of benzene rings is 8. The van der Waals surface area contributed by atoms with Gasteiger partial charge in [0.1, 0.15) is 11.2 Å².